The van der Waals surface area contributed by atoms with Crippen LogP contribution in [0.1, 0.15) is 78.1 Å². The van der Waals surface area contributed by atoms with Crippen molar-refractivity contribution in [3.63, 3.8) is 0 Å². The molecule has 0 aliphatic carbocycles. The van der Waals surface area contributed by atoms with E-state index in [-0.39, 0.29) is 11.9 Å². The smallest absolute Gasteiger partial charge is 0.344 e. The molecule has 2 heterocycles. The van der Waals surface area contributed by atoms with E-state index >= 15 is 0 Å². The standard InChI is InChI=1S/C31H41NO6/c1-23(2)30(33)37-19-13-11-9-7-5-4-6-8-10-12-18-36-29-21-25-20-27(31(34)38-28(25)22-32-29)24-14-16-26(35-3)17-15-24/h14-17,20-23H,4-13,18-19H2,1-3H3. The van der Waals surface area contributed by atoms with Crippen LogP contribution in [-0.4, -0.2) is 31.3 Å². The molecule has 7 heteroatoms. The van der Waals surface area contributed by atoms with Gasteiger partial charge in [-0.25, -0.2) is 9.78 Å². The molecule has 206 valence electrons. The maximum absolute atomic E-state index is 12.4. The minimum absolute atomic E-state index is 0.0396. The number of carbonyl (C=O) groups excluding carboxylic acids is 1. The van der Waals surface area contributed by atoms with Gasteiger partial charge in [0.25, 0.3) is 0 Å². The number of unbranched alkanes of at least 4 members (excludes halogenated alkanes) is 9. The van der Waals surface area contributed by atoms with Crippen LogP contribution in [-0.2, 0) is 9.53 Å². The van der Waals surface area contributed by atoms with Crippen LogP contribution in [0.3, 0.4) is 0 Å². The van der Waals surface area contributed by atoms with Crippen LogP contribution in [0.5, 0.6) is 11.6 Å². The van der Waals surface area contributed by atoms with Crippen molar-refractivity contribution in [2.24, 2.45) is 5.92 Å². The maximum Gasteiger partial charge on any atom is 0.344 e. The monoisotopic (exact) mass is 523 g/mol. The predicted octanol–water partition coefficient (Wildman–Crippen LogP) is 7.34. The highest BCUT2D eigenvalue weighted by Crippen LogP contribution is 2.25. The Balaban J connectivity index is 1.29. The molecule has 0 radical (unpaired) electrons. The van der Waals surface area contributed by atoms with Crippen molar-refractivity contribution >= 4 is 16.9 Å². The highest BCUT2D eigenvalue weighted by atomic mass is 16.5. The zero-order chi connectivity index (χ0) is 27.2. The second-order valence-electron chi connectivity index (χ2n) is 9.94. The molecular weight excluding hydrogens is 482 g/mol. The Hall–Kier alpha value is -3.35. The van der Waals surface area contributed by atoms with Crippen LogP contribution in [0.15, 0.2) is 51.8 Å². The molecule has 0 aliphatic rings. The molecule has 0 fully saturated rings. The molecule has 7 nitrogen and oxygen atoms in total. The van der Waals surface area contributed by atoms with E-state index in [1.165, 1.54) is 38.5 Å². The highest BCUT2D eigenvalue weighted by molar-refractivity contribution is 5.81. The molecule has 0 bridgehead atoms. The van der Waals surface area contributed by atoms with Gasteiger partial charge in [-0.05, 0) is 36.6 Å². The van der Waals surface area contributed by atoms with E-state index in [2.05, 4.69) is 4.98 Å². The largest absolute Gasteiger partial charge is 0.497 e. The lowest BCUT2D eigenvalue weighted by Gasteiger charge is -2.08. The van der Waals surface area contributed by atoms with E-state index in [0.29, 0.717) is 30.2 Å². The Morgan fingerprint density at radius 3 is 2.08 bits per heavy atom. The second kappa shape index (κ2) is 15.8. The Kier molecular flexibility index (Phi) is 12.1. The third kappa shape index (κ3) is 9.51. The summed E-state index contributed by atoms with van der Waals surface area (Å²) in [7, 11) is 1.61. The number of rotatable bonds is 17. The zero-order valence-corrected chi connectivity index (χ0v) is 23.0. The van der Waals surface area contributed by atoms with Crippen molar-refractivity contribution in [2.45, 2.75) is 78.1 Å². The van der Waals surface area contributed by atoms with Gasteiger partial charge in [-0.1, -0.05) is 77.3 Å². The number of hydrogen-bond acceptors (Lipinski definition) is 7. The molecule has 0 aliphatic heterocycles. The number of fused-ring (bicyclic) bond motifs is 1. The fourth-order valence-corrected chi connectivity index (χ4v) is 4.19. The molecule has 3 rings (SSSR count). The van der Waals surface area contributed by atoms with Gasteiger partial charge in [0.2, 0.25) is 5.88 Å². The summed E-state index contributed by atoms with van der Waals surface area (Å²) in [5.41, 5.74) is 1.30. The Morgan fingerprint density at radius 1 is 0.868 bits per heavy atom. The summed E-state index contributed by atoms with van der Waals surface area (Å²) in [5.74, 6) is 1.12. The molecule has 0 atom stereocenters. The minimum atomic E-state index is -0.400. The van der Waals surface area contributed by atoms with Gasteiger partial charge in [0, 0.05) is 11.5 Å². The van der Waals surface area contributed by atoms with Crippen LogP contribution < -0.4 is 15.1 Å². The average molecular weight is 524 g/mol. The third-order valence-electron chi connectivity index (χ3n) is 6.50. The lowest BCUT2D eigenvalue weighted by atomic mass is 10.1. The van der Waals surface area contributed by atoms with Gasteiger partial charge >= 0.3 is 11.6 Å². The Morgan fingerprint density at radius 2 is 1.47 bits per heavy atom. The summed E-state index contributed by atoms with van der Waals surface area (Å²) >= 11 is 0. The van der Waals surface area contributed by atoms with Crippen molar-refractivity contribution in [1.29, 1.82) is 0 Å². The van der Waals surface area contributed by atoms with Gasteiger partial charge < -0.3 is 18.6 Å². The molecule has 2 aromatic heterocycles. The number of aromatic nitrogens is 1. The molecular formula is C31H41NO6. The number of benzene rings is 1. The fourth-order valence-electron chi connectivity index (χ4n) is 4.19. The van der Waals surface area contributed by atoms with Crippen LogP contribution >= 0.6 is 0 Å². The number of carbonyl (C=O) groups is 1. The molecule has 1 aromatic carbocycles. The maximum atomic E-state index is 12.4. The number of pyridine rings is 1. The van der Waals surface area contributed by atoms with E-state index < -0.39 is 5.63 Å². The van der Waals surface area contributed by atoms with Crippen molar-refractivity contribution in [3.05, 3.63) is 53.0 Å². The van der Waals surface area contributed by atoms with Gasteiger partial charge in [-0.2, -0.15) is 0 Å². The van der Waals surface area contributed by atoms with Gasteiger partial charge in [-0.3, -0.25) is 4.79 Å². The summed E-state index contributed by atoms with van der Waals surface area (Å²) in [5, 5.41) is 0.775. The molecule has 38 heavy (non-hydrogen) atoms. The number of esters is 1. The molecule has 0 amide bonds. The Labute approximate surface area is 225 Å². The van der Waals surface area contributed by atoms with Crippen LogP contribution in [0.4, 0.5) is 0 Å². The first-order chi connectivity index (χ1) is 18.5. The summed E-state index contributed by atoms with van der Waals surface area (Å²) in [6.07, 6.45) is 13.2. The minimum Gasteiger partial charge on any atom is -0.497 e. The lowest BCUT2D eigenvalue weighted by Crippen LogP contribution is -2.12. The van der Waals surface area contributed by atoms with Gasteiger partial charge in [0.1, 0.15) is 5.75 Å². The van der Waals surface area contributed by atoms with Crippen LogP contribution in [0.25, 0.3) is 22.1 Å². The molecule has 0 spiro atoms. The van der Waals surface area contributed by atoms with Gasteiger partial charge in [0.05, 0.1) is 38.0 Å². The van der Waals surface area contributed by atoms with E-state index in [0.717, 1.165) is 42.4 Å². The topological polar surface area (TPSA) is 87.9 Å². The highest BCUT2D eigenvalue weighted by Gasteiger charge is 2.10. The normalized spacial score (nSPS) is 11.2. The molecule has 0 unspecified atom stereocenters. The van der Waals surface area contributed by atoms with Crippen molar-refractivity contribution in [3.8, 4) is 22.8 Å². The molecule has 0 saturated heterocycles. The Bertz CT molecular complexity index is 1190. The molecule has 0 saturated carbocycles. The van der Waals surface area contributed by atoms with Crippen molar-refractivity contribution < 1.29 is 23.4 Å². The van der Waals surface area contributed by atoms with Crippen LogP contribution in [0, 0.1) is 5.92 Å². The lowest BCUT2D eigenvalue weighted by molar-refractivity contribution is -0.147. The fraction of sp³-hybridized carbons (Fsp3) is 0.516. The predicted molar refractivity (Wildman–Crippen MR) is 150 cm³/mol. The summed E-state index contributed by atoms with van der Waals surface area (Å²) in [6.45, 7) is 4.89. The first-order valence-corrected chi connectivity index (χ1v) is 13.9. The summed E-state index contributed by atoms with van der Waals surface area (Å²) < 4.78 is 21.7. The summed E-state index contributed by atoms with van der Waals surface area (Å²) in [4.78, 5) is 28.1. The first-order valence-electron chi connectivity index (χ1n) is 13.9. The average Bonchev–Trinajstić information content (AvgIpc) is 2.92. The first kappa shape index (κ1) is 29.2. The number of hydrogen-bond donors (Lipinski definition) is 0. The molecule has 3 aromatic rings. The van der Waals surface area contributed by atoms with Crippen LogP contribution in [0.2, 0.25) is 0 Å². The van der Waals surface area contributed by atoms with Crippen molar-refractivity contribution in [2.75, 3.05) is 20.3 Å². The van der Waals surface area contributed by atoms with Gasteiger partial charge in [0.15, 0.2) is 5.58 Å². The second-order valence-corrected chi connectivity index (χ2v) is 9.94. The van der Waals surface area contributed by atoms with E-state index in [9.17, 15) is 9.59 Å². The number of ether oxygens (including phenoxy) is 3. The number of nitrogens with zero attached hydrogens (tertiary/aromatic N) is 1. The summed E-state index contributed by atoms with van der Waals surface area (Å²) in [6, 6.07) is 10.9. The van der Waals surface area contributed by atoms with Crippen molar-refractivity contribution in [1.82, 2.24) is 4.98 Å². The molecule has 0 N–H and O–H groups in total. The quantitative estimate of drug-likeness (QED) is 0.135. The SMILES string of the molecule is COc1ccc(-c2cc3cc(OCCCCCCCCCCCCOC(=O)C(C)C)ncc3oc2=O)cc1. The zero-order valence-electron chi connectivity index (χ0n) is 23.0. The number of methoxy groups -OCH3 is 1. The van der Waals surface area contributed by atoms with Gasteiger partial charge in [-0.15, -0.1) is 0 Å². The third-order valence-corrected chi connectivity index (χ3v) is 6.50. The van der Waals surface area contributed by atoms with E-state index in [1.54, 1.807) is 13.3 Å². The van der Waals surface area contributed by atoms with E-state index in [4.69, 9.17) is 18.6 Å². The van der Waals surface area contributed by atoms with E-state index in [1.807, 2.05) is 50.2 Å².